The molecule has 1 heterocycles. The fourth-order valence-corrected chi connectivity index (χ4v) is 1.05. The van der Waals surface area contributed by atoms with Gasteiger partial charge in [-0.2, -0.15) is 0 Å². The van der Waals surface area contributed by atoms with Crippen molar-refractivity contribution in [3.05, 3.63) is 28.3 Å². The van der Waals surface area contributed by atoms with Crippen molar-refractivity contribution in [3.8, 4) is 0 Å². The van der Waals surface area contributed by atoms with Crippen LogP contribution in [-0.2, 0) is 6.54 Å². The zero-order valence-electron chi connectivity index (χ0n) is 6.40. The highest BCUT2D eigenvalue weighted by atomic mass is 35.5. The van der Waals surface area contributed by atoms with Crippen LogP contribution in [-0.4, -0.2) is 4.98 Å². The van der Waals surface area contributed by atoms with Crippen LogP contribution >= 0.6 is 11.6 Å². The Labute approximate surface area is 77.5 Å². The van der Waals surface area contributed by atoms with E-state index in [0.717, 1.165) is 6.07 Å². The third-order valence-electron chi connectivity index (χ3n) is 1.46. The fraction of sp³-hybridized carbons (Fsp3) is 0.286. The predicted molar refractivity (Wildman–Crippen MR) is 42.1 cm³/mol. The number of hydrogen-bond donors (Lipinski definition) is 1. The molecule has 1 rings (SSSR count). The number of nitrogens with two attached hydrogens (primary N) is 1. The van der Waals surface area contributed by atoms with Gasteiger partial charge in [-0.05, 0) is 6.07 Å². The highest BCUT2D eigenvalue weighted by Crippen LogP contribution is 2.23. The molecule has 0 amide bonds. The van der Waals surface area contributed by atoms with Crippen molar-refractivity contribution in [1.82, 2.24) is 4.98 Å². The van der Waals surface area contributed by atoms with Crippen molar-refractivity contribution in [3.63, 3.8) is 0 Å². The van der Waals surface area contributed by atoms with Gasteiger partial charge in [0.25, 0.3) is 6.43 Å². The quantitative estimate of drug-likeness (QED) is 0.761. The molecule has 0 aromatic carbocycles. The Balaban J connectivity index is 3.22. The Morgan fingerprint density at radius 2 is 2.15 bits per heavy atom. The zero-order valence-corrected chi connectivity index (χ0v) is 7.15. The summed E-state index contributed by atoms with van der Waals surface area (Å²) in [5.74, 6) is -0.839. The minimum Gasteiger partial charge on any atom is -0.326 e. The van der Waals surface area contributed by atoms with Gasteiger partial charge in [0.15, 0.2) is 11.0 Å². The lowest BCUT2D eigenvalue weighted by atomic mass is 10.2. The van der Waals surface area contributed by atoms with E-state index < -0.39 is 23.1 Å². The normalized spacial score (nSPS) is 10.9. The van der Waals surface area contributed by atoms with E-state index in [9.17, 15) is 13.2 Å². The molecule has 0 spiro atoms. The highest BCUT2D eigenvalue weighted by Gasteiger charge is 2.15. The summed E-state index contributed by atoms with van der Waals surface area (Å²) in [5, 5.41) is -0.571. The molecule has 1 aromatic rings. The third kappa shape index (κ3) is 2.10. The second kappa shape index (κ2) is 3.93. The Kier molecular flexibility index (Phi) is 3.11. The van der Waals surface area contributed by atoms with Crippen LogP contribution in [0.5, 0.6) is 0 Å². The molecule has 13 heavy (non-hydrogen) atoms. The van der Waals surface area contributed by atoms with E-state index in [4.69, 9.17) is 17.3 Å². The van der Waals surface area contributed by atoms with Gasteiger partial charge in [0.1, 0.15) is 5.69 Å². The number of halogens is 4. The molecule has 2 nitrogen and oxygen atoms in total. The first-order valence-electron chi connectivity index (χ1n) is 3.39. The van der Waals surface area contributed by atoms with Crippen LogP contribution in [0, 0.1) is 5.82 Å². The number of hydrogen-bond acceptors (Lipinski definition) is 2. The van der Waals surface area contributed by atoms with Gasteiger partial charge in [0.05, 0.1) is 0 Å². The van der Waals surface area contributed by atoms with Crippen LogP contribution < -0.4 is 5.73 Å². The summed E-state index contributed by atoms with van der Waals surface area (Å²) in [7, 11) is 0. The summed E-state index contributed by atoms with van der Waals surface area (Å²) < 4.78 is 37.1. The lowest BCUT2D eigenvalue weighted by Gasteiger charge is -2.04. The molecule has 6 heteroatoms. The Morgan fingerprint density at radius 1 is 1.54 bits per heavy atom. The van der Waals surface area contributed by atoms with Crippen molar-refractivity contribution in [1.29, 1.82) is 0 Å². The van der Waals surface area contributed by atoms with E-state index in [1.807, 2.05) is 0 Å². The third-order valence-corrected chi connectivity index (χ3v) is 1.71. The summed E-state index contributed by atoms with van der Waals surface area (Å²) in [6, 6.07) is 0.909. The average Bonchev–Trinajstić information content (AvgIpc) is 2.09. The summed E-state index contributed by atoms with van der Waals surface area (Å²) in [4.78, 5) is 3.17. The minimum absolute atomic E-state index is 0.0599. The lowest BCUT2D eigenvalue weighted by molar-refractivity contribution is 0.146. The first kappa shape index (κ1) is 10.3. The SMILES string of the molecule is NCc1cc(C(F)F)nc(Cl)c1F. The van der Waals surface area contributed by atoms with Crippen molar-refractivity contribution in [2.75, 3.05) is 0 Å². The summed E-state index contributed by atoms with van der Waals surface area (Å²) >= 11 is 5.27. The van der Waals surface area contributed by atoms with Crippen molar-refractivity contribution < 1.29 is 13.2 Å². The molecule has 0 radical (unpaired) electrons. The first-order chi connectivity index (χ1) is 6.06. The summed E-state index contributed by atoms with van der Waals surface area (Å²) in [5.41, 5.74) is 4.49. The van der Waals surface area contributed by atoms with Crippen LogP contribution in [0.1, 0.15) is 17.7 Å². The molecule has 0 aliphatic heterocycles. The van der Waals surface area contributed by atoms with Crippen molar-refractivity contribution in [2.24, 2.45) is 5.73 Å². The van der Waals surface area contributed by atoms with Gasteiger partial charge >= 0.3 is 0 Å². The molecule has 0 aliphatic carbocycles. The minimum atomic E-state index is -2.77. The zero-order chi connectivity index (χ0) is 10.0. The second-order valence-corrected chi connectivity index (χ2v) is 2.67. The largest absolute Gasteiger partial charge is 0.326 e. The van der Waals surface area contributed by atoms with Crippen molar-refractivity contribution >= 4 is 11.6 Å². The maximum atomic E-state index is 12.9. The predicted octanol–water partition coefficient (Wildman–Crippen LogP) is 2.27. The monoisotopic (exact) mass is 210 g/mol. The number of alkyl halides is 2. The lowest BCUT2D eigenvalue weighted by Crippen LogP contribution is -2.04. The molecule has 0 unspecified atom stereocenters. The van der Waals surface area contributed by atoms with Gasteiger partial charge in [0, 0.05) is 12.1 Å². The highest BCUT2D eigenvalue weighted by molar-refractivity contribution is 6.29. The van der Waals surface area contributed by atoms with E-state index in [1.54, 1.807) is 0 Å². The number of pyridine rings is 1. The van der Waals surface area contributed by atoms with E-state index in [2.05, 4.69) is 4.98 Å². The van der Waals surface area contributed by atoms with E-state index in [1.165, 1.54) is 0 Å². The molecule has 0 saturated carbocycles. The number of aromatic nitrogens is 1. The Hall–Kier alpha value is -0.810. The van der Waals surface area contributed by atoms with E-state index >= 15 is 0 Å². The van der Waals surface area contributed by atoms with E-state index in [0.29, 0.717) is 0 Å². The van der Waals surface area contributed by atoms with Crippen LogP contribution in [0.2, 0.25) is 5.15 Å². The van der Waals surface area contributed by atoms with Crippen LogP contribution in [0.3, 0.4) is 0 Å². The summed E-state index contributed by atoms with van der Waals surface area (Å²) in [6.45, 7) is -0.187. The van der Waals surface area contributed by atoms with Crippen LogP contribution in [0.15, 0.2) is 6.07 Å². The van der Waals surface area contributed by atoms with Gasteiger partial charge < -0.3 is 5.73 Å². The molecular formula is C7H6ClF3N2. The molecule has 2 N–H and O–H groups in total. The molecule has 1 aromatic heterocycles. The summed E-state index contributed by atoms with van der Waals surface area (Å²) in [6.07, 6.45) is -2.77. The maximum absolute atomic E-state index is 12.9. The van der Waals surface area contributed by atoms with Gasteiger partial charge in [-0.1, -0.05) is 11.6 Å². The molecule has 0 aliphatic rings. The number of nitrogens with zero attached hydrogens (tertiary/aromatic N) is 1. The van der Waals surface area contributed by atoms with Gasteiger partial charge in [-0.15, -0.1) is 0 Å². The van der Waals surface area contributed by atoms with E-state index in [-0.39, 0.29) is 12.1 Å². The molecule has 0 atom stereocenters. The molecule has 0 saturated heterocycles. The average molecular weight is 211 g/mol. The van der Waals surface area contributed by atoms with Gasteiger partial charge in [-0.3, -0.25) is 0 Å². The fourth-order valence-electron chi connectivity index (χ4n) is 0.829. The van der Waals surface area contributed by atoms with Crippen molar-refractivity contribution in [2.45, 2.75) is 13.0 Å². The maximum Gasteiger partial charge on any atom is 0.280 e. The second-order valence-electron chi connectivity index (χ2n) is 2.32. The standard InChI is InChI=1S/C7H6ClF3N2/c8-6-5(9)3(2-12)1-4(13-6)7(10)11/h1,7H,2,12H2. The first-order valence-corrected chi connectivity index (χ1v) is 3.77. The topological polar surface area (TPSA) is 38.9 Å². The van der Waals surface area contributed by atoms with Gasteiger partial charge in [-0.25, -0.2) is 18.2 Å². The Bertz CT molecular complexity index is 317. The number of rotatable bonds is 2. The Morgan fingerprint density at radius 3 is 2.62 bits per heavy atom. The molecule has 0 bridgehead atoms. The molecular weight excluding hydrogens is 205 g/mol. The van der Waals surface area contributed by atoms with Crippen LogP contribution in [0.4, 0.5) is 13.2 Å². The molecule has 72 valence electrons. The molecule has 0 fully saturated rings. The smallest absolute Gasteiger partial charge is 0.280 e. The van der Waals surface area contributed by atoms with Gasteiger partial charge in [0.2, 0.25) is 0 Å². The van der Waals surface area contributed by atoms with Crippen LogP contribution in [0.25, 0.3) is 0 Å².